The first-order valence-electron chi connectivity index (χ1n) is 4.67. The van der Waals surface area contributed by atoms with Crippen LogP contribution in [0.3, 0.4) is 0 Å². The highest BCUT2D eigenvalue weighted by molar-refractivity contribution is 7.98. The van der Waals surface area contributed by atoms with Crippen LogP contribution >= 0.6 is 11.8 Å². The zero-order valence-corrected chi connectivity index (χ0v) is 9.07. The normalized spacial score (nSPS) is 11.0. The molecule has 0 spiro atoms. The van der Waals surface area contributed by atoms with Gasteiger partial charge < -0.3 is 10.0 Å². The van der Waals surface area contributed by atoms with Crippen LogP contribution in [-0.4, -0.2) is 48.3 Å². The van der Waals surface area contributed by atoms with E-state index in [1.54, 1.807) is 0 Å². The molecule has 1 N–H and O–H groups in total. The molecule has 74 valence electrons. The van der Waals surface area contributed by atoms with Crippen molar-refractivity contribution in [2.45, 2.75) is 19.8 Å². The van der Waals surface area contributed by atoms with Crippen molar-refractivity contribution in [2.75, 3.05) is 38.2 Å². The van der Waals surface area contributed by atoms with E-state index in [2.05, 4.69) is 18.1 Å². The van der Waals surface area contributed by atoms with Crippen LogP contribution in [0.15, 0.2) is 0 Å². The van der Waals surface area contributed by atoms with Crippen molar-refractivity contribution in [3.8, 4) is 0 Å². The average molecular weight is 191 g/mol. The zero-order valence-electron chi connectivity index (χ0n) is 8.25. The first kappa shape index (κ1) is 12.3. The van der Waals surface area contributed by atoms with Crippen LogP contribution in [-0.2, 0) is 0 Å². The quantitative estimate of drug-likeness (QED) is 0.587. The lowest BCUT2D eigenvalue weighted by atomic mass is 10.3. The van der Waals surface area contributed by atoms with E-state index in [4.69, 9.17) is 5.11 Å². The molecule has 0 atom stereocenters. The Kier molecular flexibility index (Phi) is 9.57. The Morgan fingerprint density at radius 1 is 1.25 bits per heavy atom. The van der Waals surface area contributed by atoms with Crippen LogP contribution in [0.4, 0.5) is 0 Å². The van der Waals surface area contributed by atoms with Gasteiger partial charge in [0, 0.05) is 6.54 Å². The largest absolute Gasteiger partial charge is 0.395 e. The number of hydrogen-bond donors (Lipinski definition) is 1. The summed E-state index contributed by atoms with van der Waals surface area (Å²) in [6.07, 6.45) is 4.55. The van der Waals surface area contributed by atoms with E-state index in [1.807, 2.05) is 11.8 Å². The minimum Gasteiger partial charge on any atom is -0.395 e. The summed E-state index contributed by atoms with van der Waals surface area (Å²) in [7, 11) is 0. The molecule has 0 rings (SSSR count). The van der Waals surface area contributed by atoms with Gasteiger partial charge in [-0.2, -0.15) is 11.8 Å². The molecular weight excluding hydrogens is 170 g/mol. The second-order valence-electron chi connectivity index (χ2n) is 2.91. The molecule has 0 fully saturated rings. The van der Waals surface area contributed by atoms with E-state index in [0.717, 1.165) is 19.6 Å². The van der Waals surface area contributed by atoms with E-state index >= 15 is 0 Å². The molecule has 0 aliphatic heterocycles. The van der Waals surface area contributed by atoms with Gasteiger partial charge in [0.2, 0.25) is 0 Å². The molecular formula is C9H21NOS. The fourth-order valence-electron chi connectivity index (χ4n) is 1.23. The third-order valence-corrected chi connectivity index (χ3v) is 2.48. The van der Waals surface area contributed by atoms with Crippen LogP contribution in [0.25, 0.3) is 0 Å². The number of aliphatic hydroxyl groups excluding tert-OH is 1. The lowest BCUT2D eigenvalue weighted by Crippen LogP contribution is -2.29. The van der Waals surface area contributed by atoms with Crippen LogP contribution in [0.5, 0.6) is 0 Å². The van der Waals surface area contributed by atoms with Crippen LogP contribution in [0, 0.1) is 0 Å². The summed E-state index contributed by atoms with van der Waals surface area (Å²) in [6, 6.07) is 0. The van der Waals surface area contributed by atoms with Crippen molar-refractivity contribution < 1.29 is 5.11 Å². The number of thioether (sulfide) groups is 1. The molecule has 0 unspecified atom stereocenters. The first-order chi connectivity index (χ1) is 5.85. The van der Waals surface area contributed by atoms with Crippen molar-refractivity contribution in [1.29, 1.82) is 0 Å². The maximum absolute atomic E-state index is 8.77. The van der Waals surface area contributed by atoms with Crippen molar-refractivity contribution in [3.63, 3.8) is 0 Å². The molecule has 0 aliphatic rings. The Balaban J connectivity index is 3.34. The van der Waals surface area contributed by atoms with Crippen LogP contribution in [0.1, 0.15) is 19.8 Å². The second kappa shape index (κ2) is 9.36. The van der Waals surface area contributed by atoms with E-state index in [0.29, 0.717) is 6.61 Å². The highest BCUT2D eigenvalue weighted by atomic mass is 32.2. The second-order valence-corrected chi connectivity index (χ2v) is 3.90. The summed E-state index contributed by atoms with van der Waals surface area (Å²) in [5.74, 6) is 1.23. The molecule has 0 saturated carbocycles. The predicted molar refractivity (Wildman–Crippen MR) is 56.8 cm³/mol. The maximum atomic E-state index is 8.77. The highest BCUT2D eigenvalue weighted by Crippen LogP contribution is 1.99. The van der Waals surface area contributed by atoms with Crippen molar-refractivity contribution in [1.82, 2.24) is 4.90 Å². The van der Waals surface area contributed by atoms with E-state index in [-0.39, 0.29) is 0 Å². The van der Waals surface area contributed by atoms with Gasteiger partial charge in [0.15, 0.2) is 0 Å². The van der Waals surface area contributed by atoms with Gasteiger partial charge >= 0.3 is 0 Å². The first-order valence-corrected chi connectivity index (χ1v) is 6.06. The van der Waals surface area contributed by atoms with E-state index in [9.17, 15) is 0 Å². The average Bonchev–Trinajstić information content (AvgIpc) is 2.06. The van der Waals surface area contributed by atoms with E-state index in [1.165, 1.54) is 18.6 Å². The SMILES string of the molecule is CCCN(CCO)CCCSC. The van der Waals surface area contributed by atoms with E-state index < -0.39 is 0 Å². The summed E-state index contributed by atoms with van der Waals surface area (Å²) < 4.78 is 0. The molecule has 0 aromatic rings. The molecule has 0 radical (unpaired) electrons. The monoisotopic (exact) mass is 191 g/mol. The Morgan fingerprint density at radius 3 is 2.50 bits per heavy atom. The van der Waals surface area contributed by atoms with Gasteiger partial charge in [0.05, 0.1) is 6.61 Å². The predicted octanol–water partition coefficient (Wildman–Crippen LogP) is 1.44. The standard InChI is InChI=1S/C9H21NOS/c1-3-5-10(7-8-11)6-4-9-12-2/h11H,3-9H2,1-2H3. The lowest BCUT2D eigenvalue weighted by Gasteiger charge is -2.19. The molecule has 12 heavy (non-hydrogen) atoms. The summed E-state index contributed by atoms with van der Waals surface area (Å²) in [5.41, 5.74) is 0. The summed E-state index contributed by atoms with van der Waals surface area (Å²) in [5, 5.41) is 8.77. The minimum atomic E-state index is 0.291. The molecule has 0 aromatic carbocycles. The number of nitrogens with zero attached hydrogens (tertiary/aromatic N) is 1. The van der Waals surface area contributed by atoms with Gasteiger partial charge in [-0.25, -0.2) is 0 Å². The molecule has 0 aromatic heterocycles. The van der Waals surface area contributed by atoms with Crippen molar-refractivity contribution in [2.24, 2.45) is 0 Å². The molecule has 0 aliphatic carbocycles. The Hall–Kier alpha value is 0.270. The van der Waals surface area contributed by atoms with Gasteiger partial charge in [0.25, 0.3) is 0 Å². The number of rotatable bonds is 8. The van der Waals surface area contributed by atoms with Gasteiger partial charge in [0.1, 0.15) is 0 Å². The Bertz CT molecular complexity index is 84.6. The van der Waals surface area contributed by atoms with Gasteiger partial charge in [-0.3, -0.25) is 0 Å². The molecule has 3 heteroatoms. The molecule has 2 nitrogen and oxygen atoms in total. The zero-order chi connectivity index (χ0) is 9.23. The summed E-state index contributed by atoms with van der Waals surface area (Å²) in [4.78, 5) is 2.33. The fraction of sp³-hybridized carbons (Fsp3) is 1.00. The van der Waals surface area contributed by atoms with Gasteiger partial charge in [-0.1, -0.05) is 6.92 Å². The third-order valence-electron chi connectivity index (χ3n) is 1.78. The fourth-order valence-corrected chi connectivity index (χ4v) is 1.64. The summed E-state index contributed by atoms with van der Waals surface area (Å²) >= 11 is 1.89. The molecule has 0 saturated heterocycles. The Morgan fingerprint density at radius 2 is 2.00 bits per heavy atom. The number of hydrogen-bond acceptors (Lipinski definition) is 3. The van der Waals surface area contributed by atoms with Crippen LogP contribution < -0.4 is 0 Å². The number of aliphatic hydroxyl groups is 1. The Labute approximate surface area is 80.3 Å². The van der Waals surface area contributed by atoms with Crippen molar-refractivity contribution >= 4 is 11.8 Å². The van der Waals surface area contributed by atoms with Crippen LogP contribution in [0.2, 0.25) is 0 Å². The van der Waals surface area contributed by atoms with Gasteiger partial charge in [-0.15, -0.1) is 0 Å². The highest BCUT2D eigenvalue weighted by Gasteiger charge is 2.00. The molecule has 0 bridgehead atoms. The summed E-state index contributed by atoms with van der Waals surface area (Å²) in [6.45, 7) is 5.56. The maximum Gasteiger partial charge on any atom is 0.0558 e. The van der Waals surface area contributed by atoms with Gasteiger partial charge in [-0.05, 0) is 37.9 Å². The molecule has 0 heterocycles. The minimum absolute atomic E-state index is 0.291. The topological polar surface area (TPSA) is 23.5 Å². The molecule has 0 amide bonds. The third kappa shape index (κ3) is 6.95. The lowest BCUT2D eigenvalue weighted by molar-refractivity contribution is 0.196. The van der Waals surface area contributed by atoms with Crippen molar-refractivity contribution in [3.05, 3.63) is 0 Å². The smallest absolute Gasteiger partial charge is 0.0558 e.